The number of hydrogen-bond donors (Lipinski definition) is 1. The molecule has 1 aliphatic heterocycles. The van der Waals surface area contributed by atoms with E-state index in [1.165, 1.54) is 32.0 Å². The highest BCUT2D eigenvalue weighted by Gasteiger charge is 2.54. The fourth-order valence-electron chi connectivity index (χ4n) is 5.36. The third-order valence-corrected chi connectivity index (χ3v) is 13.6. The van der Waals surface area contributed by atoms with Crippen molar-refractivity contribution in [2.24, 2.45) is 5.92 Å². The van der Waals surface area contributed by atoms with Crippen LogP contribution in [0.4, 0.5) is 0 Å². The van der Waals surface area contributed by atoms with E-state index >= 15 is 0 Å². The Hall–Kier alpha value is -2.87. The van der Waals surface area contributed by atoms with Crippen molar-refractivity contribution in [3.63, 3.8) is 0 Å². The number of hydrogen-bond acceptors (Lipinski definition) is 2. The van der Waals surface area contributed by atoms with Gasteiger partial charge in [-0.3, -0.25) is 0 Å². The average Bonchev–Trinajstić information content (AvgIpc) is 3.55. The second kappa shape index (κ2) is 9.88. The molecule has 1 aliphatic carbocycles. The van der Waals surface area contributed by atoms with Crippen LogP contribution in [0.25, 0.3) is 0 Å². The lowest BCUT2D eigenvalue weighted by atomic mass is 10.1. The summed E-state index contributed by atoms with van der Waals surface area (Å²) in [5, 5.41) is 10.8. The first-order chi connectivity index (χ1) is 17.3. The second-order valence-electron chi connectivity index (χ2n) is 11.1. The van der Waals surface area contributed by atoms with Gasteiger partial charge in [-0.2, -0.15) is 0 Å². The van der Waals surface area contributed by atoms with E-state index in [4.69, 9.17) is 4.74 Å². The van der Waals surface area contributed by atoms with Crippen molar-refractivity contribution in [3.05, 3.63) is 125 Å². The quantitative estimate of drug-likeness (QED) is 0.300. The van der Waals surface area contributed by atoms with E-state index in [-0.39, 0.29) is 0 Å². The molecule has 0 radical (unpaired) electrons. The van der Waals surface area contributed by atoms with Crippen LogP contribution in [0.3, 0.4) is 0 Å². The molecule has 0 spiro atoms. The van der Waals surface area contributed by atoms with E-state index in [0.717, 1.165) is 12.5 Å². The Morgan fingerprint density at radius 1 is 0.750 bits per heavy atom. The summed E-state index contributed by atoms with van der Waals surface area (Å²) >= 11 is 0. The molecule has 3 aromatic carbocycles. The van der Waals surface area contributed by atoms with Crippen molar-refractivity contribution in [1.29, 1.82) is 0 Å². The van der Waals surface area contributed by atoms with Crippen molar-refractivity contribution in [2.45, 2.75) is 39.5 Å². The van der Waals surface area contributed by atoms with Crippen molar-refractivity contribution in [2.75, 3.05) is 6.61 Å². The molecule has 0 aromatic heterocycles. The Morgan fingerprint density at radius 2 is 1.22 bits per heavy atom. The Balaban J connectivity index is 1.84. The fourth-order valence-corrected chi connectivity index (χ4v) is 11.5. The second-order valence-corrected chi connectivity index (χ2v) is 19.5. The molecule has 1 fully saturated rings. The largest absolute Gasteiger partial charge is 0.476 e. The molecule has 5 rings (SSSR count). The molecule has 0 bridgehead atoms. The first-order valence-corrected chi connectivity index (χ1v) is 18.3. The van der Waals surface area contributed by atoms with E-state index in [1.54, 1.807) is 0 Å². The normalized spacial score (nSPS) is 20.1. The van der Waals surface area contributed by atoms with Crippen LogP contribution in [-0.4, -0.2) is 20.7 Å². The van der Waals surface area contributed by atoms with E-state index in [1.807, 2.05) is 0 Å². The van der Waals surface area contributed by atoms with Gasteiger partial charge in [0, 0.05) is 0 Å². The van der Waals surface area contributed by atoms with Crippen LogP contribution in [0.15, 0.2) is 125 Å². The number of rotatable bonds is 6. The van der Waals surface area contributed by atoms with Gasteiger partial charge in [0.05, 0.1) is 19.7 Å². The number of benzene rings is 3. The van der Waals surface area contributed by atoms with E-state index in [2.05, 4.69) is 142 Å². The van der Waals surface area contributed by atoms with Crippen LogP contribution in [0.1, 0.15) is 13.8 Å². The lowest BCUT2D eigenvalue weighted by molar-refractivity contribution is 0.242. The molecule has 0 unspecified atom stereocenters. The minimum absolute atomic E-state index is 0.329. The van der Waals surface area contributed by atoms with E-state index in [9.17, 15) is 0 Å². The van der Waals surface area contributed by atoms with Gasteiger partial charge in [0.25, 0.3) is 0 Å². The zero-order chi connectivity index (χ0) is 25.3. The van der Waals surface area contributed by atoms with Crippen molar-refractivity contribution in [1.82, 2.24) is 5.32 Å². The van der Waals surface area contributed by atoms with Crippen LogP contribution in [0.5, 0.6) is 0 Å². The number of ether oxygens (including phenoxy) is 1. The van der Waals surface area contributed by atoms with E-state index < -0.39 is 15.3 Å². The molecule has 3 aromatic rings. The van der Waals surface area contributed by atoms with Gasteiger partial charge in [-0.1, -0.05) is 94.2 Å². The first kappa shape index (κ1) is 24.8. The van der Waals surface area contributed by atoms with Gasteiger partial charge in [0.1, 0.15) is 35.1 Å². The molecule has 1 N–H and O–H groups in total. The fraction of sp³-hybridized carbons (Fsp3) is 0.250. The highest BCUT2D eigenvalue weighted by molar-refractivity contribution is 7.99. The highest BCUT2D eigenvalue weighted by atomic mass is 31.2. The van der Waals surface area contributed by atoms with Gasteiger partial charge in [-0.15, -0.1) is 0 Å². The standard InChI is InChI=1S/C32H37NOPSi/c1-24(2)28-23-34-32(33-28)31-29(21-22-30(31)36(3,4)5)35(25-15-9-6-10-16-25,26-17-11-7-12-18-26)27-19-13-8-14-20-27/h6-22,24,28,33H,23H2,1-5H3/q+1/b32-31+/t28-/m1/s1. The van der Waals surface area contributed by atoms with Crippen molar-refractivity contribution >= 4 is 31.2 Å². The predicted molar refractivity (Wildman–Crippen MR) is 159 cm³/mol. The van der Waals surface area contributed by atoms with Crippen molar-refractivity contribution in [3.8, 4) is 0 Å². The lowest BCUT2D eigenvalue weighted by Gasteiger charge is -2.31. The smallest absolute Gasteiger partial charge is 0.198 e. The molecular weight excluding hydrogens is 473 g/mol. The van der Waals surface area contributed by atoms with Crippen LogP contribution >= 0.6 is 7.26 Å². The molecule has 36 heavy (non-hydrogen) atoms. The summed E-state index contributed by atoms with van der Waals surface area (Å²) in [5.74, 6) is 1.48. The maximum atomic E-state index is 6.50. The zero-order valence-electron chi connectivity index (χ0n) is 22.0. The predicted octanol–water partition coefficient (Wildman–Crippen LogP) is 6.54. The van der Waals surface area contributed by atoms with Gasteiger partial charge >= 0.3 is 0 Å². The van der Waals surface area contributed by atoms with E-state index in [0.29, 0.717) is 12.0 Å². The lowest BCUT2D eigenvalue weighted by Crippen LogP contribution is -2.35. The highest BCUT2D eigenvalue weighted by Crippen LogP contribution is 2.67. The third kappa shape index (κ3) is 4.29. The van der Waals surface area contributed by atoms with Crippen molar-refractivity contribution < 1.29 is 4.74 Å². The molecule has 2 aliphatic rings. The molecule has 1 atom stereocenters. The summed E-state index contributed by atoms with van der Waals surface area (Å²) in [6.45, 7) is 12.6. The third-order valence-electron chi connectivity index (χ3n) is 7.29. The molecule has 184 valence electrons. The van der Waals surface area contributed by atoms with Gasteiger partial charge in [0.15, 0.2) is 5.88 Å². The number of allylic oxidation sites excluding steroid dienone is 5. The summed E-state index contributed by atoms with van der Waals surface area (Å²) in [7, 11) is -3.88. The molecule has 1 heterocycles. The summed E-state index contributed by atoms with van der Waals surface area (Å²) in [6, 6.07) is 33.7. The minimum atomic E-state index is -2.21. The first-order valence-electron chi connectivity index (χ1n) is 13.0. The Labute approximate surface area is 218 Å². The number of nitrogens with one attached hydrogen (secondary N) is 1. The Morgan fingerprint density at radius 3 is 1.61 bits per heavy atom. The van der Waals surface area contributed by atoms with Crippen LogP contribution in [0.2, 0.25) is 19.6 Å². The maximum Gasteiger partial charge on any atom is 0.198 e. The molecular formula is C32H37NOPSi+. The molecule has 2 nitrogen and oxygen atoms in total. The molecule has 0 saturated carbocycles. The summed E-state index contributed by atoms with van der Waals surface area (Å²) in [6.07, 6.45) is 4.83. The topological polar surface area (TPSA) is 21.3 Å². The molecule has 1 saturated heterocycles. The van der Waals surface area contributed by atoms with Crippen LogP contribution in [-0.2, 0) is 4.74 Å². The summed E-state index contributed by atoms with van der Waals surface area (Å²) in [4.78, 5) is 0. The monoisotopic (exact) mass is 510 g/mol. The van der Waals surface area contributed by atoms with Gasteiger partial charge in [-0.25, -0.2) is 0 Å². The van der Waals surface area contributed by atoms with Gasteiger partial charge in [0.2, 0.25) is 0 Å². The average molecular weight is 511 g/mol. The molecule has 4 heteroatoms. The Bertz CT molecular complexity index is 1210. The zero-order valence-corrected chi connectivity index (χ0v) is 23.9. The summed E-state index contributed by atoms with van der Waals surface area (Å²) < 4.78 is 6.50. The van der Waals surface area contributed by atoms with Gasteiger partial charge < -0.3 is 10.1 Å². The minimum Gasteiger partial charge on any atom is -0.476 e. The maximum absolute atomic E-state index is 6.50. The van der Waals surface area contributed by atoms with Crippen LogP contribution < -0.4 is 21.2 Å². The van der Waals surface area contributed by atoms with Gasteiger partial charge in [-0.05, 0) is 53.6 Å². The SMILES string of the molecule is CC(C)[C@H]1CO/C(=C2/C([Si](C)(C)C)=CC=C2[P+](c2ccccc2)(c2ccccc2)c2ccccc2)N1. The summed E-state index contributed by atoms with van der Waals surface area (Å²) in [5.41, 5.74) is 1.31. The molecule has 0 amide bonds. The van der Waals surface area contributed by atoms with Crippen LogP contribution in [0, 0.1) is 5.92 Å². The Kier molecular flexibility index (Phi) is 6.81.